The van der Waals surface area contributed by atoms with Gasteiger partial charge in [-0.25, -0.2) is 9.97 Å². The minimum absolute atomic E-state index is 0.0625. The Balaban J connectivity index is 3.13. The first-order chi connectivity index (χ1) is 5.79. The van der Waals surface area contributed by atoms with E-state index in [0.717, 1.165) is 0 Å². The maximum absolute atomic E-state index is 8.38. The van der Waals surface area contributed by atoms with Crippen LogP contribution in [0.25, 0.3) is 0 Å². The van der Waals surface area contributed by atoms with Crippen molar-refractivity contribution in [3.63, 3.8) is 0 Å². The Labute approximate surface area is 69.1 Å². The van der Waals surface area contributed by atoms with Crippen LogP contribution in [-0.2, 0) is 0 Å². The lowest BCUT2D eigenvalue weighted by Crippen LogP contribution is -2.17. The highest BCUT2D eigenvalue weighted by molar-refractivity contribution is 5.99. The summed E-state index contributed by atoms with van der Waals surface area (Å²) in [6.07, 6.45) is 2.98. The normalized spacial score (nSPS) is 11.2. The summed E-state index contributed by atoms with van der Waals surface area (Å²) in [6.45, 7) is 0. The monoisotopic (exact) mass is 167 g/mol. The second kappa shape index (κ2) is 3.51. The lowest BCUT2D eigenvalue weighted by Gasteiger charge is -2.03. The molecule has 0 amide bonds. The van der Waals surface area contributed by atoms with Crippen LogP contribution in [0.1, 0.15) is 5.69 Å². The average Bonchev–Trinajstić information content (AvgIpc) is 2.16. The summed E-state index contributed by atoms with van der Waals surface area (Å²) < 4.78 is 0. The summed E-state index contributed by atoms with van der Waals surface area (Å²) in [6, 6.07) is 0. The molecule has 0 atom stereocenters. The SMILES string of the molecule is CNc1nccnc1/C(N)=N/O. The fourth-order valence-electron chi connectivity index (χ4n) is 0.756. The Kier molecular flexibility index (Phi) is 2.42. The van der Waals surface area contributed by atoms with E-state index in [9.17, 15) is 0 Å². The number of amidine groups is 1. The minimum atomic E-state index is -0.0625. The zero-order valence-corrected chi connectivity index (χ0v) is 6.52. The van der Waals surface area contributed by atoms with Crippen LogP contribution in [0.5, 0.6) is 0 Å². The Morgan fingerprint density at radius 2 is 2.25 bits per heavy atom. The summed E-state index contributed by atoms with van der Waals surface area (Å²) in [5, 5.41) is 14.0. The Morgan fingerprint density at radius 1 is 1.58 bits per heavy atom. The molecule has 0 saturated carbocycles. The fraction of sp³-hybridized carbons (Fsp3) is 0.167. The van der Waals surface area contributed by atoms with Crippen LogP contribution in [0, 0.1) is 0 Å². The molecule has 0 bridgehead atoms. The molecule has 1 rings (SSSR count). The summed E-state index contributed by atoms with van der Waals surface area (Å²) in [5.74, 6) is 0.417. The third-order valence-electron chi connectivity index (χ3n) is 1.29. The van der Waals surface area contributed by atoms with Gasteiger partial charge in [-0.15, -0.1) is 0 Å². The Morgan fingerprint density at radius 3 is 2.83 bits per heavy atom. The molecule has 1 aromatic rings. The lowest BCUT2D eigenvalue weighted by atomic mass is 10.4. The molecule has 0 aliphatic carbocycles. The predicted octanol–water partition coefficient (Wildman–Crippen LogP) is -0.387. The molecule has 0 aromatic carbocycles. The summed E-state index contributed by atoms with van der Waals surface area (Å²) in [7, 11) is 1.68. The van der Waals surface area contributed by atoms with Gasteiger partial charge >= 0.3 is 0 Å². The van der Waals surface area contributed by atoms with Crippen molar-refractivity contribution in [2.45, 2.75) is 0 Å². The summed E-state index contributed by atoms with van der Waals surface area (Å²) in [4.78, 5) is 7.80. The molecule has 0 saturated heterocycles. The van der Waals surface area contributed by atoms with Crippen molar-refractivity contribution in [2.75, 3.05) is 12.4 Å². The van der Waals surface area contributed by atoms with Gasteiger partial charge in [0.25, 0.3) is 0 Å². The Bertz CT molecular complexity index is 298. The van der Waals surface area contributed by atoms with E-state index < -0.39 is 0 Å². The molecule has 4 N–H and O–H groups in total. The summed E-state index contributed by atoms with van der Waals surface area (Å²) in [5.41, 5.74) is 5.66. The third-order valence-corrected chi connectivity index (χ3v) is 1.29. The second-order valence-electron chi connectivity index (χ2n) is 1.99. The largest absolute Gasteiger partial charge is 0.409 e. The maximum Gasteiger partial charge on any atom is 0.192 e. The van der Waals surface area contributed by atoms with Gasteiger partial charge in [-0.1, -0.05) is 5.16 Å². The molecule has 0 aliphatic rings. The minimum Gasteiger partial charge on any atom is -0.409 e. The van der Waals surface area contributed by atoms with Gasteiger partial charge < -0.3 is 16.3 Å². The molecule has 1 heterocycles. The average molecular weight is 167 g/mol. The van der Waals surface area contributed by atoms with E-state index in [-0.39, 0.29) is 5.84 Å². The van der Waals surface area contributed by atoms with Crippen molar-refractivity contribution in [1.29, 1.82) is 0 Å². The molecular weight excluding hydrogens is 158 g/mol. The van der Waals surface area contributed by atoms with Gasteiger partial charge in [0.05, 0.1) is 0 Å². The molecule has 6 nitrogen and oxygen atoms in total. The number of oxime groups is 1. The first-order valence-electron chi connectivity index (χ1n) is 3.26. The van der Waals surface area contributed by atoms with Crippen LogP contribution in [0.2, 0.25) is 0 Å². The molecule has 0 radical (unpaired) electrons. The number of aromatic nitrogens is 2. The molecule has 6 heteroatoms. The van der Waals surface area contributed by atoms with Gasteiger partial charge in [-0.05, 0) is 0 Å². The van der Waals surface area contributed by atoms with E-state index in [1.54, 1.807) is 7.05 Å². The van der Waals surface area contributed by atoms with Crippen molar-refractivity contribution < 1.29 is 5.21 Å². The number of nitrogens with one attached hydrogen (secondary N) is 1. The molecule has 1 aromatic heterocycles. The maximum atomic E-state index is 8.38. The van der Waals surface area contributed by atoms with Gasteiger partial charge in [0.15, 0.2) is 17.3 Å². The molecular formula is C6H9N5O. The second-order valence-corrected chi connectivity index (χ2v) is 1.99. The molecule has 0 spiro atoms. The van der Waals surface area contributed by atoms with Gasteiger partial charge in [0.1, 0.15) is 0 Å². The lowest BCUT2D eigenvalue weighted by molar-refractivity contribution is 0.318. The quantitative estimate of drug-likeness (QED) is 0.241. The van der Waals surface area contributed by atoms with Crippen LogP contribution < -0.4 is 11.1 Å². The molecule has 12 heavy (non-hydrogen) atoms. The van der Waals surface area contributed by atoms with E-state index in [1.807, 2.05) is 0 Å². The van der Waals surface area contributed by atoms with E-state index in [0.29, 0.717) is 11.5 Å². The van der Waals surface area contributed by atoms with Crippen molar-refractivity contribution in [2.24, 2.45) is 10.9 Å². The first-order valence-corrected chi connectivity index (χ1v) is 3.26. The zero-order valence-electron chi connectivity index (χ0n) is 6.52. The zero-order chi connectivity index (χ0) is 8.97. The topological polar surface area (TPSA) is 96.4 Å². The van der Waals surface area contributed by atoms with Crippen molar-refractivity contribution in [1.82, 2.24) is 9.97 Å². The number of hydrogen-bond acceptors (Lipinski definition) is 5. The van der Waals surface area contributed by atoms with Gasteiger partial charge in [-0.3, -0.25) is 0 Å². The first kappa shape index (κ1) is 8.25. The van der Waals surface area contributed by atoms with Crippen LogP contribution in [0.15, 0.2) is 17.5 Å². The van der Waals surface area contributed by atoms with Gasteiger partial charge in [-0.2, -0.15) is 0 Å². The Hall–Kier alpha value is -1.85. The number of rotatable bonds is 2. The summed E-state index contributed by atoms with van der Waals surface area (Å²) >= 11 is 0. The van der Waals surface area contributed by atoms with E-state index in [4.69, 9.17) is 10.9 Å². The predicted molar refractivity (Wildman–Crippen MR) is 44.1 cm³/mol. The number of nitrogens with zero attached hydrogens (tertiary/aromatic N) is 3. The van der Waals surface area contributed by atoms with Crippen molar-refractivity contribution in [3.8, 4) is 0 Å². The molecule has 0 aliphatic heterocycles. The fourth-order valence-corrected chi connectivity index (χ4v) is 0.756. The third kappa shape index (κ3) is 1.42. The molecule has 64 valence electrons. The van der Waals surface area contributed by atoms with Gasteiger partial charge in [0, 0.05) is 19.4 Å². The van der Waals surface area contributed by atoms with E-state index in [1.165, 1.54) is 12.4 Å². The van der Waals surface area contributed by atoms with Gasteiger partial charge in [0.2, 0.25) is 0 Å². The van der Waals surface area contributed by atoms with Crippen LogP contribution in [0.4, 0.5) is 5.82 Å². The van der Waals surface area contributed by atoms with Crippen LogP contribution in [0.3, 0.4) is 0 Å². The highest BCUT2D eigenvalue weighted by Crippen LogP contribution is 2.05. The number of anilines is 1. The highest BCUT2D eigenvalue weighted by atomic mass is 16.4. The van der Waals surface area contributed by atoms with Crippen molar-refractivity contribution >= 4 is 11.7 Å². The standard InChI is InChI=1S/C6H9N5O/c1-8-6-4(5(7)11-12)9-2-3-10-6/h2-3,12H,1H3,(H2,7,11)(H,8,10). The highest BCUT2D eigenvalue weighted by Gasteiger charge is 2.06. The van der Waals surface area contributed by atoms with Crippen molar-refractivity contribution in [3.05, 3.63) is 18.1 Å². The number of nitrogens with two attached hydrogens (primary N) is 1. The van der Waals surface area contributed by atoms with E-state index in [2.05, 4.69) is 20.4 Å². The number of hydrogen-bond donors (Lipinski definition) is 3. The van der Waals surface area contributed by atoms with Crippen LogP contribution >= 0.6 is 0 Å². The smallest absolute Gasteiger partial charge is 0.192 e. The van der Waals surface area contributed by atoms with E-state index >= 15 is 0 Å². The molecule has 0 unspecified atom stereocenters. The molecule has 0 fully saturated rings. The van der Waals surface area contributed by atoms with Crippen LogP contribution in [-0.4, -0.2) is 28.1 Å².